The van der Waals surface area contributed by atoms with E-state index in [1.165, 1.54) is 6.92 Å². The molecule has 1 atom stereocenters. The molecule has 0 spiro atoms. The Labute approximate surface area is 146 Å². The number of hydrogen-bond donors (Lipinski definition) is 2. The quantitative estimate of drug-likeness (QED) is 0.616. The van der Waals surface area contributed by atoms with Crippen LogP contribution in [0, 0.1) is 0 Å². The molecule has 1 aromatic carbocycles. The number of alkyl halides is 3. The summed E-state index contributed by atoms with van der Waals surface area (Å²) in [5, 5.41) is 8.17. The first-order valence-electron chi connectivity index (χ1n) is 7.12. The number of nitrogen functional groups attached to an aromatic ring is 1. The van der Waals surface area contributed by atoms with Gasteiger partial charge in [0, 0.05) is 25.5 Å². The van der Waals surface area contributed by atoms with Crippen molar-refractivity contribution in [1.82, 2.24) is 14.9 Å². The Hall–Kier alpha value is -2.43. The number of halogens is 3. The number of nitrogens with zero attached hydrogens (tertiary/aromatic N) is 4. The van der Waals surface area contributed by atoms with Gasteiger partial charge in [-0.25, -0.2) is 4.68 Å². The highest BCUT2D eigenvalue weighted by atomic mass is 32.2. The molecule has 0 saturated carbocycles. The number of anilines is 2. The molecule has 25 heavy (non-hydrogen) atoms. The van der Waals surface area contributed by atoms with Gasteiger partial charge in [0.1, 0.15) is 0 Å². The average molecular weight is 374 g/mol. The maximum absolute atomic E-state index is 12.6. The lowest BCUT2D eigenvalue weighted by molar-refractivity contribution is -0.146. The molecule has 0 aliphatic heterocycles. The van der Waals surface area contributed by atoms with Gasteiger partial charge in [-0.2, -0.15) is 13.2 Å². The summed E-state index contributed by atoms with van der Waals surface area (Å²) in [6.45, 7) is 1.54. The highest BCUT2D eigenvalue weighted by molar-refractivity contribution is 8.00. The van der Waals surface area contributed by atoms with Gasteiger partial charge in [0.15, 0.2) is 0 Å². The first-order valence-corrected chi connectivity index (χ1v) is 8.00. The highest BCUT2D eigenvalue weighted by Crippen LogP contribution is 2.30. The monoisotopic (exact) mass is 374 g/mol. The van der Waals surface area contributed by atoms with Gasteiger partial charge in [-0.15, -0.1) is 10.2 Å². The van der Waals surface area contributed by atoms with Gasteiger partial charge in [0.05, 0.1) is 5.25 Å². The zero-order valence-electron chi connectivity index (χ0n) is 13.7. The fourth-order valence-corrected chi connectivity index (χ4v) is 2.62. The van der Waals surface area contributed by atoms with Crippen LogP contribution in [-0.2, 0) is 11.0 Å². The Morgan fingerprint density at radius 3 is 2.36 bits per heavy atom. The summed E-state index contributed by atoms with van der Waals surface area (Å²) < 4.78 is 38.3. The third kappa shape index (κ3) is 4.56. The molecule has 1 amide bonds. The zero-order chi connectivity index (χ0) is 18.8. The van der Waals surface area contributed by atoms with E-state index in [1.807, 2.05) is 31.1 Å². The molecule has 1 aromatic heterocycles. The smallest absolute Gasteiger partial charge is 0.378 e. The SMILES string of the molecule is CC(Sc1nnc(C(F)(F)F)n1N)C(=O)Nc1ccc(N(C)C)cc1. The van der Waals surface area contributed by atoms with Gasteiger partial charge in [0.25, 0.3) is 5.82 Å². The van der Waals surface area contributed by atoms with Crippen molar-refractivity contribution in [2.24, 2.45) is 0 Å². The number of nitrogens with one attached hydrogen (secondary N) is 1. The van der Waals surface area contributed by atoms with Gasteiger partial charge in [-0.3, -0.25) is 4.79 Å². The number of hydrogen-bond acceptors (Lipinski definition) is 6. The zero-order valence-corrected chi connectivity index (χ0v) is 14.5. The van der Waals surface area contributed by atoms with Crippen LogP contribution in [0.5, 0.6) is 0 Å². The van der Waals surface area contributed by atoms with Gasteiger partial charge in [0.2, 0.25) is 11.1 Å². The molecule has 11 heteroatoms. The van der Waals surface area contributed by atoms with Crippen LogP contribution in [0.25, 0.3) is 0 Å². The van der Waals surface area contributed by atoms with E-state index in [1.54, 1.807) is 12.1 Å². The van der Waals surface area contributed by atoms with Crippen molar-refractivity contribution in [3.05, 3.63) is 30.1 Å². The minimum Gasteiger partial charge on any atom is -0.378 e. The Morgan fingerprint density at radius 2 is 1.88 bits per heavy atom. The predicted molar refractivity (Wildman–Crippen MR) is 89.9 cm³/mol. The second-order valence-corrected chi connectivity index (χ2v) is 6.67. The van der Waals surface area contributed by atoms with Gasteiger partial charge in [-0.1, -0.05) is 11.8 Å². The van der Waals surface area contributed by atoms with E-state index in [-0.39, 0.29) is 11.1 Å². The van der Waals surface area contributed by atoms with Gasteiger partial charge in [-0.05, 0) is 31.2 Å². The lowest BCUT2D eigenvalue weighted by Gasteiger charge is -2.14. The van der Waals surface area contributed by atoms with E-state index in [9.17, 15) is 18.0 Å². The lowest BCUT2D eigenvalue weighted by Crippen LogP contribution is -2.25. The summed E-state index contributed by atoms with van der Waals surface area (Å²) in [5.41, 5.74) is 1.55. The average Bonchev–Trinajstić information content (AvgIpc) is 2.88. The second-order valence-electron chi connectivity index (χ2n) is 5.36. The third-order valence-corrected chi connectivity index (χ3v) is 4.28. The number of carbonyl (C=O) groups is 1. The summed E-state index contributed by atoms with van der Waals surface area (Å²) in [7, 11) is 3.79. The number of carbonyl (C=O) groups excluding carboxylic acids is 1. The molecule has 0 aliphatic rings. The van der Waals surface area contributed by atoms with Crippen molar-refractivity contribution in [2.45, 2.75) is 23.5 Å². The fourth-order valence-electron chi connectivity index (χ4n) is 1.85. The van der Waals surface area contributed by atoms with Crippen LogP contribution in [0.15, 0.2) is 29.4 Å². The maximum Gasteiger partial charge on any atom is 0.453 e. The Bertz CT molecular complexity index is 744. The van der Waals surface area contributed by atoms with Gasteiger partial charge >= 0.3 is 6.18 Å². The van der Waals surface area contributed by atoms with Crippen molar-refractivity contribution < 1.29 is 18.0 Å². The van der Waals surface area contributed by atoms with E-state index in [0.717, 1.165) is 17.4 Å². The molecule has 7 nitrogen and oxygen atoms in total. The van der Waals surface area contributed by atoms with Crippen LogP contribution < -0.4 is 16.1 Å². The molecule has 0 saturated heterocycles. The van der Waals surface area contributed by atoms with Crippen molar-refractivity contribution in [1.29, 1.82) is 0 Å². The molecule has 1 unspecified atom stereocenters. The maximum atomic E-state index is 12.6. The van der Waals surface area contributed by atoms with Crippen molar-refractivity contribution in [3.8, 4) is 0 Å². The molecule has 0 fully saturated rings. The van der Waals surface area contributed by atoms with Crippen LogP contribution in [0.3, 0.4) is 0 Å². The minimum atomic E-state index is -4.71. The minimum absolute atomic E-state index is 0.196. The molecule has 2 aromatic rings. The largest absolute Gasteiger partial charge is 0.453 e. The summed E-state index contributed by atoms with van der Waals surface area (Å²) in [5.74, 6) is 3.64. The fraction of sp³-hybridized carbons (Fsp3) is 0.357. The topological polar surface area (TPSA) is 89.1 Å². The van der Waals surface area contributed by atoms with E-state index < -0.39 is 17.3 Å². The molecule has 136 valence electrons. The molecular formula is C14H17F3N6OS. The predicted octanol–water partition coefficient (Wildman–Crippen LogP) is 2.20. The number of rotatable bonds is 5. The summed E-state index contributed by atoms with van der Waals surface area (Å²) in [4.78, 5) is 14.1. The number of aromatic nitrogens is 3. The Morgan fingerprint density at radius 1 is 1.28 bits per heavy atom. The lowest BCUT2D eigenvalue weighted by atomic mass is 10.2. The summed E-state index contributed by atoms with van der Waals surface area (Å²) in [6, 6.07) is 7.13. The first-order chi connectivity index (χ1) is 11.6. The summed E-state index contributed by atoms with van der Waals surface area (Å²) >= 11 is 0.787. The van der Waals surface area contributed by atoms with Crippen LogP contribution in [0.4, 0.5) is 24.5 Å². The number of benzene rings is 1. The number of nitrogens with two attached hydrogens (primary N) is 1. The number of amides is 1. The molecular weight excluding hydrogens is 357 g/mol. The second kappa shape index (κ2) is 7.21. The van der Waals surface area contributed by atoms with Crippen LogP contribution in [-0.4, -0.2) is 40.1 Å². The summed E-state index contributed by atoms with van der Waals surface area (Å²) in [6.07, 6.45) is -4.71. The number of thioether (sulfide) groups is 1. The standard InChI is InChI=1S/C14H17F3N6OS/c1-8(25-13-21-20-12(23(13)18)14(15,16)17)11(24)19-9-4-6-10(7-5-9)22(2)3/h4-8H,18H2,1-3H3,(H,19,24). The van der Waals surface area contributed by atoms with Crippen LogP contribution in [0.1, 0.15) is 12.7 Å². The highest BCUT2D eigenvalue weighted by Gasteiger charge is 2.38. The van der Waals surface area contributed by atoms with Crippen molar-refractivity contribution in [2.75, 3.05) is 30.2 Å². The van der Waals surface area contributed by atoms with Crippen LogP contribution in [0.2, 0.25) is 0 Å². The molecule has 3 N–H and O–H groups in total. The molecule has 1 heterocycles. The molecule has 0 aliphatic carbocycles. The van der Waals surface area contributed by atoms with E-state index in [0.29, 0.717) is 10.4 Å². The van der Waals surface area contributed by atoms with Crippen molar-refractivity contribution >= 4 is 29.0 Å². The molecule has 0 radical (unpaired) electrons. The normalized spacial score (nSPS) is 12.7. The Kier molecular flexibility index (Phi) is 5.45. The molecule has 0 bridgehead atoms. The Balaban J connectivity index is 2.02. The van der Waals surface area contributed by atoms with E-state index >= 15 is 0 Å². The third-order valence-electron chi connectivity index (χ3n) is 3.22. The van der Waals surface area contributed by atoms with Crippen molar-refractivity contribution in [3.63, 3.8) is 0 Å². The van der Waals surface area contributed by atoms with Crippen LogP contribution >= 0.6 is 11.8 Å². The molecule has 2 rings (SSSR count). The first kappa shape index (κ1) is 18.9. The van der Waals surface area contributed by atoms with E-state index in [2.05, 4.69) is 15.5 Å². The van der Waals surface area contributed by atoms with E-state index in [4.69, 9.17) is 5.84 Å². The van der Waals surface area contributed by atoms with Gasteiger partial charge < -0.3 is 16.1 Å².